The van der Waals surface area contributed by atoms with Crippen LogP contribution in [-0.2, 0) is 10.7 Å². The summed E-state index contributed by atoms with van der Waals surface area (Å²) in [5.74, 6) is -4.04. The molecule has 0 radical (unpaired) electrons. The molecule has 1 saturated heterocycles. The van der Waals surface area contributed by atoms with E-state index in [1.165, 1.54) is 29.2 Å². The normalized spacial score (nSPS) is 17.6. The molecule has 6 heteroatoms. The van der Waals surface area contributed by atoms with Gasteiger partial charge in [0, 0.05) is 23.1 Å². The Labute approximate surface area is 118 Å². The first-order valence-electron chi connectivity index (χ1n) is 6.11. The third kappa shape index (κ3) is 2.95. The average molecular weight is 333 g/mol. The highest BCUT2D eigenvalue weighted by Gasteiger charge is 2.45. The van der Waals surface area contributed by atoms with Crippen molar-refractivity contribution >= 4 is 21.8 Å². The topological polar surface area (TPSA) is 46.3 Å². The monoisotopic (exact) mass is 332 g/mol. The molecular formula is C13H15BrF2N2O. The lowest BCUT2D eigenvalue weighted by molar-refractivity contribution is -0.142. The molecule has 1 aliphatic heterocycles. The zero-order chi connectivity index (χ0) is 14.0. The summed E-state index contributed by atoms with van der Waals surface area (Å²) in [6, 6.07) is 3.75. The highest BCUT2D eigenvalue weighted by atomic mass is 79.9. The van der Waals surface area contributed by atoms with E-state index in [1.807, 2.05) is 0 Å². The van der Waals surface area contributed by atoms with Crippen molar-refractivity contribution in [2.24, 2.45) is 5.73 Å². The van der Waals surface area contributed by atoms with Crippen LogP contribution in [0.1, 0.15) is 18.4 Å². The molecule has 0 aromatic heterocycles. The Kier molecular flexibility index (Phi) is 4.20. The molecule has 1 unspecified atom stereocenters. The SMILES string of the molecule is NC(C(=O)N1CCCC1)C(F)(F)c1ccc(Br)cc1. The molecule has 3 nitrogen and oxygen atoms in total. The number of benzene rings is 1. The maximum atomic E-state index is 14.2. The standard InChI is InChI=1S/C13H15BrF2N2O/c14-10-5-3-9(4-6-10)13(15,16)11(17)12(19)18-7-1-2-8-18/h3-6,11H,1-2,7-8,17H2. The van der Waals surface area contributed by atoms with E-state index >= 15 is 0 Å². The smallest absolute Gasteiger partial charge is 0.296 e. The number of halogens is 3. The predicted molar refractivity (Wildman–Crippen MR) is 71.8 cm³/mol. The van der Waals surface area contributed by atoms with Gasteiger partial charge in [-0.15, -0.1) is 0 Å². The van der Waals surface area contributed by atoms with Gasteiger partial charge in [0.1, 0.15) is 0 Å². The number of alkyl halides is 2. The van der Waals surface area contributed by atoms with Gasteiger partial charge in [0.25, 0.3) is 5.92 Å². The Morgan fingerprint density at radius 2 is 1.79 bits per heavy atom. The van der Waals surface area contributed by atoms with Crippen LogP contribution in [0.2, 0.25) is 0 Å². The maximum absolute atomic E-state index is 14.2. The molecular weight excluding hydrogens is 318 g/mol. The van der Waals surface area contributed by atoms with E-state index in [4.69, 9.17) is 5.73 Å². The fourth-order valence-electron chi connectivity index (χ4n) is 2.14. The van der Waals surface area contributed by atoms with Gasteiger partial charge in [-0.05, 0) is 25.0 Å². The van der Waals surface area contributed by atoms with Gasteiger partial charge in [-0.1, -0.05) is 28.1 Å². The van der Waals surface area contributed by atoms with Crippen molar-refractivity contribution in [2.75, 3.05) is 13.1 Å². The molecule has 2 N–H and O–H groups in total. The third-order valence-electron chi connectivity index (χ3n) is 3.30. The lowest BCUT2D eigenvalue weighted by Crippen LogP contribution is -2.51. The van der Waals surface area contributed by atoms with Crippen molar-refractivity contribution in [1.82, 2.24) is 4.90 Å². The molecule has 1 aliphatic rings. The van der Waals surface area contributed by atoms with Crippen molar-refractivity contribution in [2.45, 2.75) is 24.8 Å². The van der Waals surface area contributed by atoms with Crippen LogP contribution < -0.4 is 5.73 Å². The summed E-state index contributed by atoms with van der Waals surface area (Å²) >= 11 is 3.18. The summed E-state index contributed by atoms with van der Waals surface area (Å²) < 4.78 is 29.1. The van der Waals surface area contributed by atoms with E-state index in [0.717, 1.165) is 12.8 Å². The van der Waals surface area contributed by atoms with Crippen LogP contribution in [-0.4, -0.2) is 29.9 Å². The van der Waals surface area contributed by atoms with Crippen LogP contribution in [0.3, 0.4) is 0 Å². The number of carbonyl (C=O) groups excluding carboxylic acids is 1. The summed E-state index contributed by atoms with van der Waals surface area (Å²) in [6.07, 6.45) is 1.70. The number of rotatable bonds is 3. The van der Waals surface area contributed by atoms with Gasteiger partial charge in [-0.3, -0.25) is 4.79 Å². The lowest BCUT2D eigenvalue weighted by atomic mass is 10.0. The fourth-order valence-corrected chi connectivity index (χ4v) is 2.41. The highest BCUT2D eigenvalue weighted by Crippen LogP contribution is 2.32. The van der Waals surface area contributed by atoms with Crippen molar-refractivity contribution in [3.63, 3.8) is 0 Å². The van der Waals surface area contributed by atoms with E-state index in [2.05, 4.69) is 15.9 Å². The molecule has 1 fully saturated rings. The number of likely N-dealkylation sites (tertiary alicyclic amines) is 1. The van der Waals surface area contributed by atoms with Gasteiger partial charge in [0.2, 0.25) is 5.91 Å². The summed E-state index contributed by atoms with van der Waals surface area (Å²) in [6.45, 7) is 1.03. The zero-order valence-corrected chi connectivity index (χ0v) is 11.9. The van der Waals surface area contributed by atoms with Crippen LogP contribution in [0, 0.1) is 0 Å². The number of nitrogens with zero attached hydrogens (tertiary/aromatic N) is 1. The van der Waals surface area contributed by atoms with Crippen LogP contribution >= 0.6 is 15.9 Å². The summed E-state index contributed by atoms with van der Waals surface area (Å²) in [5, 5.41) is 0. The van der Waals surface area contributed by atoms with E-state index in [9.17, 15) is 13.6 Å². The minimum atomic E-state index is -3.36. The quantitative estimate of drug-likeness (QED) is 0.924. The Balaban J connectivity index is 2.17. The first-order chi connectivity index (χ1) is 8.93. The molecule has 1 heterocycles. The second-order valence-corrected chi connectivity index (χ2v) is 5.56. The van der Waals surface area contributed by atoms with E-state index in [0.29, 0.717) is 17.6 Å². The van der Waals surface area contributed by atoms with Gasteiger partial charge in [-0.25, -0.2) is 0 Å². The Bertz CT molecular complexity index is 458. The van der Waals surface area contributed by atoms with Gasteiger partial charge >= 0.3 is 0 Å². The van der Waals surface area contributed by atoms with Crippen molar-refractivity contribution < 1.29 is 13.6 Å². The molecule has 1 aromatic rings. The Hall–Kier alpha value is -1.01. The third-order valence-corrected chi connectivity index (χ3v) is 3.83. The molecule has 2 rings (SSSR count). The molecule has 1 aromatic carbocycles. The largest absolute Gasteiger partial charge is 0.341 e. The van der Waals surface area contributed by atoms with E-state index < -0.39 is 17.9 Å². The molecule has 1 amide bonds. The first kappa shape index (κ1) is 14.4. The van der Waals surface area contributed by atoms with Crippen LogP contribution in [0.5, 0.6) is 0 Å². The predicted octanol–water partition coefficient (Wildman–Crippen LogP) is 2.49. The molecule has 104 valence electrons. The van der Waals surface area contributed by atoms with Gasteiger partial charge < -0.3 is 10.6 Å². The van der Waals surface area contributed by atoms with Crippen molar-refractivity contribution in [1.29, 1.82) is 0 Å². The van der Waals surface area contributed by atoms with Crippen LogP contribution in [0.25, 0.3) is 0 Å². The zero-order valence-electron chi connectivity index (χ0n) is 10.3. The second kappa shape index (κ2) is 5.54. The summed E-state index contributed by atoms with van der Waals surface area (Å²) in [4.78, 5) is 13.4. The number of hydrogen-bond acceptors (Lipinski definition) is 2. The van der Waals surface area contributed by atoms with Crippen LogP contribution in [0.15, 0.2) is 28.7 Å². The Morgan fingerprint density at radius 3 is 2.32 bits per heavy atom. The fraction of sp³-hybridized carbons (Fsp3) is 0.462. The molecule has 1 atom stereocenters. The maximum Gasteiger partial charge on any atom is 0.296 e. The van der Waals surface area contributed by atoms with Crippen molar-refractivity contribution in [3.05, 3.63) is 34.3 Å². The van der Waals surface area contributed by atoms with E-state index in [-0.39, 0.29) is 5.56 Å². The highest BCUT2D eigenvalue weighted by molar-refractivity contribution is 9.10. The molecule has 0 bridgehead atoms. The van der Waals surface area contributed by atoms with Crippen LogP contribution in [0.4, 0.5) is 8.78 Å². The molecule has 0 saturated carbocycles. The van der Waals surface area contributed by atoms with Gasteiger partial charge in [0.15, 0.2) is 6.04 Å². The van der Waals surface area contributed by atoms with Crippen molar-refractivity contribution in [3.8, 4) is 0 Å². The molecule has 19 heavy (non-hydrogen) atoms. The molecule has 0 spiro atoms. The minimum Gasteiger partial charge on any atom is -0.341 e. The number of amides is 1. The van der Waals surface area contributed by atoms with Gasteiger partial charge in [-0.2, -0.15) is 8.78 Å². The Morgan fingerprint density at radius 1 is 1.26 bits per heavy atom. The number of nitrogens with two attached hydrogens (primary N) is 1. The van der Waals surface area contributed by atoms with E-state index in [1.54, 1.807) is 0 Å². The minimum absolute atomic E-state index is 0.240. The summed E-state index contributed by atoms with van der Waals surface area (Å²) in [7, 11) is 0. The number of hydrogen-bond donors (Lipinski definition) is 1. The molecule has 0 aliphatic carbocycles. The summed E-state index contributed by atoms with van der Waals surface area (Å²) in [5.41, 5.74) is 5.25. The lowest BCUT2D eigenvalue weighted by Gasteiger charge is -2.27. The van der Waals surface area contributed by atoms with Gasteiger partial charge in [0.05, 0.1) is 0 Å². The number of carbonyl (C=O) groups is 1. The second-order valence-electron chi connectivity index (χ2n) is 4.64. The average Bonchev–Trinajstić information content (AvgIpc) is 2.91. The first-order valence-corrected chi connectivity index (χ1v) is 6.90.